The van der Waals surface area contributed by atoms with Crippen molar-refractivity contribution in [3.05, 3.63) is 29.8 Å². The lowest BCUT2D eigenvalue weighted by Gasteiger charge is -2.25. The minimum atomic E-state index is -0.119. The van der Waals surface area contributed by atoms with Crippen molar-refractivity contribution in [2.75, 3.05) is 6.61 Å². The van der Waals surface area contributed by atoms with E-state index in [1.54, 1.807) is 0 Å². The van der Waals surface area contributed by atoms with Gasteiger partial charge in [-0.3, -0.25) is 4.79 Å². The van der Waals surface area contributed by atoms with Crippen LogP contribution in [0.4, 0.5) is 0 Å². The summed E-state index contributed by atoms with van der Waals surface area (Å²) < 4.78 is 4.94. The molecule has 0 saturated heterocycles. The highest BCUT2D eigenvalue weighted by Crippen LogP contribution is 2.29. The molecular formula is C14H20O2S. The van der Waals surface area contributed by atoms with E-state index in [9.17, 15) is 4.79 Å². The molecule has 0 N–H and O–H groups in total. The Balaban J connectivity index is 2.61. The molecule has 94 valence electrons. The number of rotatable bonds is 5. The summed E-state index contributed by atoms with van der Waals surface area (Å²) in [6, 6.07) is 8.08. The molecule has 0 amide bonds. The first-order valence-corrected chi connectivity index (χ1v) is 6.35. The van der Waals surface area contributed by atoms with Crippen LogP contribution in [0.15, 0.2) is 29.2 Å². The molecular weight excluding hydrogens is 232 g/mol. The van der Waals surface area contributed by atoms with Gasteiger partial charge >= 0.3 is 5.97 Å². The van der Waals surface area contributed by atoms with Gasteiger partial charge in [0, 0.05) is 11.3 Å². The Morgan fingerprint density at radius 2 is 1.88 bits per heavy atom. The molecule has 2 nitrogen and oxygen atoms in total. The van der Waals surface area contributed by atoms with Gasteiger partial charge < -0.3 is 4.74 Å². The number of esters is 1. The molecule has 0 fully saturated rings. The Morgan fingerprint density at radius 3 is 2.41 bits per heavy atom. The number of benzene rings is 1. The Morgan fingerprint density at radius 1 is 1.29 bits per heavy atom. The third-order valence-electron chi connectivity index (χ3n) is 2.91. The predicted molar refractivity (Wildman–Crippen MR) is 72.6 cm³/mol. The molecule has 1 aromatic rings. The van der Waals surface area contributed by atoms with E-state index in [4.69, 9.17) is 4.74 Å². The summed E-state index contributed by atoms with van der Waals surface area (Å²) in [5.41, 5.74) is 1.20. The van der Waals surface area contributed by atoms with Gasteiger partial charge in [0.15, 0.2) is 0 Å². The normalized spacial score (nSPS) is 11.3. The molecule has 0 aliphatic heterocycles. The summed E-state index contributed by atoms with van der Waals surface area (Å²) in [5, 5.41) is 0. The monoisotopic (exact) mass is 252 g/mol. The minimum absolute atomic E-state index is 0.0196. The molecule has 0 spiro atoms. The van der Waals surface area contributed by atoms with Crippen LogP contribution in [0.2, 0.25) is 0 Å². The molecule has 0 aliphatic carbocycles. The fourth-order valence-electron chi connectivity index (χ4n) is 1.70. The van der Waals surface area contributed by atoms with Crippen molar-refractivity contribution < 1.29 is 9.53 Å². The maximum atomic E-state index is 11.3. The van der Waals surface area contributed by atoms with E-state index in [2.05, 4.69) is 38.6 Å². The molecule has 1 aromatic carbocycles. The van der Waals surface area contributed by atoms with Gasteiger partial charge in [0.25, 0.3) is 0 Å². The largest absolute Gasteiger partial charge is 0.466 e. The summed E-state index contributed by atoms with van der Waals surface area (Å²) in [4.78, 5) is 12.3. The molecule has 1 rings (SSSR count). The molecule has 0 radical (unpaired) electrons. The van der Waals surface area contributed by atoms with Crippen LogP contribution in [0.25, 0.3) is 0 Å². The van der Waals surface area contributed by atoms with E-state index in [0.717, 1.165) is 11.3 Å². The van der Waals surface area contributed by atoms with Crippen molar-refractivity contribution in [2.45, 2.75) is 43.9 Å². The third-order valence-corrected chi connectivity index (χ3v) is 3.21. The smallest absolute Gasteiger partial charge is 0.305 e. The number of carbonyl (C=O) groups is 1. The lowest BCUT2D eigenvalue weighted by atomic mass is 9.80. The molecule has 0 aromatic heterocycles. The van der Waals surface area contributed by atoms with E-state index < -0.39 is 0 Å². The van der Waals surface area contributed by atoms with Gasteiger partial charge in [0.05, 0.1) is 6.61 Å². The second-order valence-corrected chi connectivity index (χ2v) is 5.25. The number of ether oxygens (including phenoxy) is 1. The summed E-state index contributed by atoms with van der Waals surface area (Å²) in [5.74, 6) is -0.119. The Labute approximate surface area is 109 Å². The second kappa shape index (κ2) is 6.10. The van der Waals surface area contributed by atoms with Crippen molar-refractivity contribution in [1.82, 2.24) is 0 Å². The molecule has 0 heterocycles. The topological polar surface area (TPSA) is 26.3 Å². The lowest BCUT2D eigenvalue weighted by Crippen LogP contribution is -2.19. The zero-order chi connectivity index (χ0) is 12.9. The second-order valence-electron chi connectivity index (χ2n) is 4.74. The maximum Gasteiger partial charge on any atom is 0.305 e. The van der Waals surface area contributed by atoms with Crippen LogP contribution in [0.5, 0.6) is 0 Å². The first kappa shape index (κ1) is 14.1. The van der Waals surface area contributed by atoms with Crippen LogP contribution in [-0.2, 0) is 14.9 Å². The van der Waals surface area contributed by atoms with Crippen molar-refractivity contribution in [3.8, 4) is 0 Å². The zero-order valence-electron chi connectivity index (χ0n) is 10.7. The third kappa shape index (κ3) is 4.43. The van der Waals surface area contributed by atoms with Crippen LogP contribution >= 0.6 is 12.6 Å². The molecule has 0 aliphatic rings. The van der Waals surface area contributed by atoms with E-state index in [1.165, 1.54) is 5.56 Å². The minimum Gasteiger partial charge on any atom is -0.466 e. The number of hydrogen-bond donors (Lipinski definition) is 1. The molecule has 0 saturated carbocycles. The van der Waals surface area contributed by atoms with Crippen molar-refractivity contribution >= 4 is 18.6 Å². The first-order valence-electron chi connectivity index (χ1n) is 5.91. The van der Waals surface area contributed by atoms with Crippen molar-refractivity contribution in [1.29, 1.82) is 0 Å². The molecule has 0 unspecified atom stereocenters. The van der Waals surface area contributed by atoms with E-state index in [0.29, 0.717) is 13.0 Å². The molecule has 0 bridgehead atoms. The van der Waals surface area contributed by atoms with E-state index >= 15 is 0 Å². The van der Waals surface area contributed by atoms with Gasteiger partial charge in [-0.1, -0.05) is 26.0 Å². The van der Waals surface area contributed by atoms with Crippen molar-refractivity contribution in [3.63, 3.8) is 0 Å². The quantitative estimate of drug-likeness (QED) is 0.640. The zero-order valence-corrected chi connectivity index (χ0v) is 11.6. The van der Waals surface area contributed by atoms with E-state index in [1.807, 2.05) is 19.1 Å². The first-order chi connectivity index (χ1) is 7.95. The molecule has 3 heteroatoms. The Kier molecular flexibility index (Phi) is 5.06. The Bertz CT molecular complexity index is 368. The molecule has 0 atom stereocenters. The summed E-state index contributed by atoms with van der Waals surface area (Å²) in [6.45, 7) is 6.56. The van der Waals surface area contributed by atoms with Crippen molar-refractivity contribution in [2.24, 2.45) is 0 Å². The lowest BCUT2D eigenvalue weighted by molar-refractivity contribution is -0.143. The average molecular weight is 252 g/mol. The van der Waals surface area contributed by atoms with Crippen LogP contribution in [0, 0.1) is 0 Å². The summed E-state index contributed by atoms with van der Waals surface area (Å²) >= 11 is 4.27. The highest BCUT2D eigenvalue weighted by Gasteiger charge is 2.21. The predicted octanol–water partition coefficient (Wildman–Crippen LogP) is 3.60. The van der Waals surface area contributed by atoms with Gasteiger partial charge in [-0.05, 0) is 36.5 Å². The van der Waals surface area contributed by atoms with Crippen LogP contribution < -0.4 is 0 Å². The van der Waals surface area contributed by atoms with Crippen LogP contribution in [0.1, 0.15) is 39.2 Å². The maximum absolute atomic E-state index is 11.3. The highest BCUT2D eigenvalue weighted by atomic mass is 32.1. The van der Waals surface area contributed by atoms with E-state index in [-0.39, 0.29) is 11.4 Å². The Hall–Kier alpha value is -0.960. The van der Waals surface area contributed by atoms with Gasteiger partial charge in [0.2, 0.25) is 0 Å². The van der Waals surface area contributed by atoms with Gasteiger partial charge in [0.1, 0.15) is 0 Å². The number of thiol groups is 1. The summed E-state index contributed by atoms with van der Waals surface area (Å²) in [6.07, 6.45) is 1.25. The average Bonchev–Trinajstić information content (AvgIpc) is 2.28. The van der Waals surface area contributed by atoms with Crippen LogP contribution in [-0.4, -0.2) is 12.6 Å². The number of carbonyl (C=O) groups excluding carboxylic acids is 1. The van der Waals surface area contributed by atoms with Crippen LogP contribution in [0.3, 0.4) is 0 Å². The fourth-order valence-corrected chi connectivity index (χ4v) is 1.85. The highest BCUT2D eigenvalue weighted by molar-refractivity contribution is 7.80. The SMILES string of the molecule is CCOC(=O)CCC(C)(C)c1ccc(S)cc1. The van der Waals surface area contributed by atoms with Gasteiger partial charge in [-0.2, -0.15) is 0 Å². The number of hydrogen-bond acceptors (Lipinski definition) is 3. The molecule has 17 heavy (non-hydrogen) atoms. The fraction of sp³-hybridized carbons (Fsp3) is 0.500. The van der Waals surface area contributed by atoms with Gasteiger partial charge in [-0.15, -0.1) is 12.6 Å². The summed E-state index contributed by atoms with van der Waals surface area (Å²) in [7, 11) is 0. The standard InChI is InChI=1S/C14H20O2S/c1-4-16-13(15)9-10-14(2,3)11-5-7-12(17)8-6-11/h5-8,17H,4,9-10H2,1-3H3. The van der Waals surface area contributed by atoms with Gasteiger partial charge in [-0.25, -0.2) is 0 Å².